The number of benzene rings is 2. The van der Waals surface area contributed by atoms with Crippen molar-refractivity contribution >= 4 is 24.4 Å². The van der Waals surface area contributed by atoms with E-state index in [1.165, 1.54) is 10.5 Å². The molecule has 2 heteroatoms. The van der Waals surface area contributed by atoms with Crippen LogP contribution in [0.25, 0.3) is 11.1 Å². The summed E-state index contributed by atoms with van der Waals surface area (Å²) < 4.78 is 0. The smallest absolute Gasteiger partial charge is 0.0147 e. The van der Waals surface area contributed by atoms with Gasteiger partial charge in [0.1, 0.15) is 0 Å². The average molecular weight is 231 g/mol. The topological polar surface area (TPSA) is 0 Å². The van der Waals surface area contributed by atoms with Gasteiger partial charge in [-0.15, -0.1) is 11.8 Å². The summed E-state index contributed by atoms with van der Waals surface area (Å²) in [6.07, 6.45) is 2.09. The molecule has 0 aliphatic rings. The van der Waals surface area contributed by atoms with Crippen LogP contribution in [0.5, 0.6) is 0 Å². The van der Waals surface area contributed by atoms with Crippen LogP contribution in [0.3, 0.4) is 0 Å². The molecule has 0 aliphatic carbocycles. The molecule has 2 aromatic rings. The van der Waals surface area contributed by atoms with Crippen LogP contribution in [0.15, 0.2) is 58.3 Å². The van der Waals surface area contributed by atoms with Gasteiger partial charge < -0.3 is 12.6 Å². The highest BCUT2D eigenvalue weighted by atomic mass is 32.2. The first-order valence-electron chi connectivity index (χ1n) is 4.72. The van der Waals surface area contributed by atoms with Crippen LogP contribution in [0, 0.1) is 0 Å². The van der Waals surface area contributed by atoms with Gasteiger partial charge in [0.2, 0.25) is 0 Å². The highest BCUT2D eigenvalue weighted by Crippen LogP contribution is 2.31. The summed E-state index contributed by atoms with van der Waals surface area (Å²) in [5.41, 5.74) is 2.38. The van der Waals surface area contributed by atoms with Crippen molar-refractivity contribution in [1.29, 1.82) is 0 Å². The van der Waals surface area contributed by atoms with E-state index in [1.807, 2.05) is 18.2 Å². The molecule has 0 aliphatic heterocycles. The number of hydrogen-bond donors (Lipinski definition) is 0. The molecule has 0 N–H and O–H groups in total. The van der Waals surface area contributed by atoms with Gasteiger partial charge >= 0.3 is 0 Å². The van der Waals surface area contributed by atoms with Crippen LogP contribution in [-0.4, -0.2) is 6.26 Å². The maximum Gasteiger partial charge on any atom is 0.0147 e. The van der Waals surface area contributed by atoms with Gasteiger partial charge in [-0.2, -0.15) is 4.90 Å². The fourth-order valence-electron chi connectivity index (χ4n) is 1.56. The van der Waals surface area contributed by atoms with Crippen molar-refractivity contribution in [2.75, 3.05) is 6.26 Å². The van der Waals surface area contributed by atoms with E-state index in [0.717, 1.165) is 10.5 Å². The molecule has 0 saturated heterocycles. The van der Waals surface area contributed by atoms with Crippen LogP contribution in [0.2, 0.25) is 0 Å². The molecule has 0 fully saturated rings. The predicted octanol–water partition coefficient (Wildman–Crippen LogP) is 3.98. The minimum Gasteiger partial charge on any atom is -0.779 e. The molecule has 0 aromatic heterocycles. The van der Waals surface area contributed by atoms with E-state index < -0.39 is 0 Å². The van der Waals surface area contributed by atoms with Crippen molar-refractivity contribution in [2.45, 2.75) is 9.79 Å². The Kier molecular flexibility index (Phi) is 3.29. The minimum absolute atomic E-state index is 0.916. The zero-order chi connectivity index (χ0) is 10.7. The first-order chi connectivity index (χ1) is 7.33. The van der Waals surface area contributed by atoms with Crippen LogP contribution >= 0.6 is 11.8 Å². The largest absolute Gasteiger partial charge is 0.779 e. The minimum atomic E-state index is 0.916. The average Bonchev–Trinajstić information content (AvgIpc) is 2.30. The molecule has 2 rings (SSSR count). The van der Waals surface area contributed by atoms with Crippen molar-refractivity contribution in [3.63, 3.8) is 0 Å². The molecule has 0 unspecified atom stereocenters. The van der Waals surface area contributed by atoms with Crippen LogP contribution in [0.4, 0.5) is 0 Å². The Bertz CT molecular complexity index is 464. The zero-order valence-corrected chi connectivity index (χ0v) is 10.1. The Morgan fingerprint density at radius 2 is 1.47 bits per heavy atom. The highest BCUT2D eigenvalue weighted by molar-refractivity contribution is 7.98. The second-order valence-electron chi connectivity index (χ2n) is 3.20. The van der Waals surface area contributed by atoms with E-state index in [4.69, 9.17) is 12.6 Å². The SMILES string of the molecule is CSc1ccccc1-c1ccccc1[S-]. The quantitative estimate of drug-likeness (QED) is 0.566. The van der Waals surface area contributed by atoms with Crippen molar-refractivity contribution in [2.24, 2.45) is 0 Å². The van der Waals surface area contributed by atoms with Crippen molar-refractivity contribution < 1.29 is 0 Å². The Morgan fingerprint density at radius 1 is 0.867 bits per heavy atom. The van der Waals surface area contributed by atoms with E-state index in [-0.39, 0.29) is 0 Å². The molecule has 0 amide bonds. The Morgan fingerprint density at radius 3 is 2.13 bits per heavy atom. The molecular formula is C13H11S2-. The maximum atomic E-state index is 5.33. The molecular weight excluding hydrogens is 220 g/mol. The van der Waals surface area contributed by atoms with Crippen molar-refractivity contribution in [1.82, 2.24) is 0 Å². The second-order valence-corrected chi connectivity index (χ2v) is 4.48. The Hall–Kier alpha value is -0.990. The monoisotopic (exact) mass is 231 g/mol. The molecule has 0 saturated carbocycles. The first kappa shape index (κ1) is 10.5. The van der Waals surface area contributed by atoms with Gasteiger partial charge in [0, 0.05) is 4.90 Å². The van der Waals surface area contributed by atoms with Crippen LogP contribution in [0.1, 0.15) is 0 Å². The molecule has 0 radical (unpaired) electrons. The predicted molar refractivity (Wildman–Crippen MR) is 69.3 cm³/mol. The first-order valence-corrected chi connectivity index (χ1v) is 6.35. The molecule has 0 atom stereocenters. The van der Waals surface area contributed by atoms with E-state index in [2.05, 4.69) is 36.6 Å². The van der Waals surface area contributed by atoms with Gasteiger partial charge in [-0.1, -0.05) is 42.5 Å². The summed E-state index contributed by atoms with van der Waals surface area (Å²) in [6.45, 7) is 0. The Labute approximate surface area is 100 Å². The van der Waals surface area contributed by atoms with Gasteiger partial charge in [0.15, 0.2) is 0 Å². The molecule has 2 aromatic carbocycles. The highest BCUT2D eigenvalue weighted by Gasteiger charge is 2.02. The third kappa shape index (κ3) is 2.16. The second kappa shape index (κ2) is 4.69. The lowest BCUT2D eigenvalue weighted by Gasteiger charge is -2.15. The van der Waals surface area contributed by atoms with Crippen LogP contribution < -0.4 is 0 Å². The van der Waals surface area contributed by atoms with Gasteiger partial charge in [-0.05, 0) is 23.4 Å². The molecule has 15 heavy (non-hydrogen) atoms. The molecule has 76 valence electrons. The van der Waals surface area contributed by atoms with Crippen molar-refractivity contribution in [3.8, 4) is 11.1 Å². The van der Waals surface area contributed by atoms with E-state index >= 15 is 0 Å². The fourth-order valence-corrected chi connectivity index (χ4v) is 2.43. The zero-order valence-electron chi connectivity index (χ0n) is 8.44. The third-order valence-electron chi connectivity index (χ3n) is 2.28. The van der Waals surface area contributed by atoms with Gasteiger partial charge in [0.25, 0.3) is 0 Å². The van der Waals surface area contributed by atoms with E-state index in [9.17, 15) is 0 Å². The summed E-state index contributed by atoms with van der Waals surface area (Å²) in [5.74, 6) is 0. The van der Waals surface area contributed by atoms with Gasteiger partial charge in [0.05, 0.1) is 0 Å². The normalized spacial score (nSPS) is 10.2. The molecule has 0 heterocycles. The summed E-state index contributed by atoms with van der Waals surface area (Å²) in [7, 11) is 0. The summed E-state index contributed by atoms with van der Waals surface area (Å²) in [6, 6.07) is 16.4. The summed E-state index contributed by atoms with van der Waals surface area (Å²) in [5, 5.41) is 0. The summed E-state index contributed by atoms with van der Waals surface area (Å²) >= 11 is 7.08. The Balaban J connectivity index is 2.59. The molecule has 0 nitrogen and oxygen atoms in total. The van der Waals surface area contributed by atoms with Gasteiger partial charge in [-0.25, -0.2) is 0 Å². The standard InChI is InChI=1S/C13H12S2/c1-15-13-9-5-3-7-11(13)10-6-2-4-8-12(10)14/h2-9,14H,1H3/p-1. The lowest BCUT2D eigenvalue weighted by molar-refractivity contribution is 1.38. The van der Waals surface area contributed by atoms with Crippen LogP contribution in [-0.2, 0) is 12.6 Å². The lowest BCUT2D eigenvalue weighted by Crippen LogP contribution is -1.84. The number of rotatable bonds is 2. The fraction of sp³-hybridized carbons (Fsp3) is 0.0769. The van der Waals surface area contributed by atoms with Gasteiger partial charge in [-0.3, -0.25) is 0 Å². The lowest BCUT2D eigenvalue weighted by atomic mass is 10.1. The van der Waals surface area contributed by atoms with Crippen molar-refractivity contribution in [3.05, 3.63) is 48.5 Å². The maximum absolute atomic E-state index is 5.33. The number of hydrogen-bond acceptors (Lipinski definition) is 2. The van der Waals surface area contributed by atoms with E-state index in [0.29, 0.717) is 0 Å². The number of thioether (sulfide) groups is 1. The molecule has 0 bridgehead atoms. The third-order valence-corrected chi connectivity index (χ3v) is 3.44. The molecule has 0 spiro atoms. The summed E-state index contributed by atoms with van der Waals surface area (Å²) in [4.78, 5) is 2.19. The van der Waals surface area contributed by atoms with E-state index in [1.54, 1.807) is 11.8 Å².